The van der Waals surface area contributed by atoms with Crippen LogP contribution in [0.3, 0.4) is 0 Å². The van der Waals surface area contributed by atoms with Gasteiger partial charge in [-0.3, -0.25) is 4.79 Å². The molecular formula is C35H41FO4. The summed E-state index contributed by atoms with van der Waals surface area (Å²) >= 11 is 0. The lowest BCUT2D eigenvalue weighted by Gasteiger charge is -2.34. The maximum atomic E-state index is 14.8. The van der Waals surface area contributed by atoms with Gasteiger partial charge < -0.3 is 14.6 Å². The van der Waals surface area contributed by atoms with Gasteiger partial charge in [-0.1, -0.05) is 74.5 Å². The molecule has 0 unspecified atom stereocenters. The third kappa shape index (κ3) is 6.21. The molecule has 0 aliphatic carbocycles. The fraction of sp³-hybridized carbons (Fsp3) is 0.400. The highest BCUT2D eigenvalue weighted by molar-refractivity contribution is 5.74. The monoisotopic (exact) mass is 544 g/mol. The molecule has 1 aliphatic heterocycles. The van der Waals surface area contributed by atoms with Crippen LogP contribution in [0.15, 0.2) is 60.7 Å². The first-order valence-electron chi connectivity index (χ1n) is 14.2. The van der Waals surface area contributed by atoms with E-state index in [2.05, 4.69) is 68.8 Å². The fourth-order valence-corrected chi connectivity index (χ4v) is 5.90. The molecule has 0 radical (unpaired) electrons. The third-order valence-corrected chi connectivity index (χ3v) is 8.67. The van der Waals surface area contributed by atoms with Crippen molar-refractivity contribution in [3.05, 3.63) is 99.9 Å². The van der Waals surface area contributed by atoms with Crippen LogP contribution < -0.4 is 0 Å². The smallest absolute Gasteiger partial charge is 0.310 e. The molecule has 0 aromatic heterocycles. The number of esters is 1. The van der Waals surface area contributed by atoms with Gasteiger partial charge in [-0.05, 0) is 77.3 Å². The molecule has 1 N–H and O–H groups in total. The Balaban J connectivity index is 1.63. The molecule has 1 saturated heterocycles. The van der Waals surface area contributed by atoms with E-state index in [-0.39, 0.29) is 11.8 Å². The first-order chi connectivity index (χ1) is 19.1. The summed E-state index contributed by atoms with van der Waals surface area (Å²) in [5, 5.41) is 10.8. The van der Waals surface area contributed by atoms with Crippen molar-refractivity contribution in [2.45, 2.75) is 70.8 Å². The zero-order valence-corrected chi connectivity index (χ0v) is 24.4. The van der Waals surface area contributed by atoms with Crippen molar-refractivity contribution >= 4 is 12.0 Å². The molecule has 1 aliphatic rings. The summed E-state index contributed by atoms with van der Waals surface area (Å²) in [4.78, 5) is 11.6. The number of methoxy groups -OCH3 is 1. The van der Waals surface area contributed by atoms with Crippen molar-refractivity contribution in [3.8, 4) is 11.1 Å². The SMILES string of the molecule is CCC(CC)(c1ccc(C=CC2(O)CCOCC2)c(C)c1)c1ccc(-c2ccc(CC(=O)OC)c(F)c2)c(C)c1. The molecule has 4 nitrogen and oxygen atoms in total. The number of carbonyl (C=O) groups excluding carboxylic acids is 1. The Labute approximate surface area is 237 Å². The largest absolute Gasteiger partial charge is 0.469 e. The second kappa shape index (κ2) is 12.5. The number of carbonyl (C=O) groups is 1. The van der Waals surface area contributed by atoms with E-state index in [4.69, 9.17) is 4.74 Å². The van der Waals surface area contributed by atoms with Crippen LogP contribution in [-0.4, -0.2) is 37.0 Å². The second-order valence-electron chi connectivity index (χ2n) is 11.0. The average molecular weight is 545 g/mol. The van der Waals surface area contributed by atoms with E-state index >= 15 is 0 Å². The first kappa shape index (κ1) is 29.7. The van der Waals surface area contributed by atoms with E-state index in [1.807, 2.05) is 18.2 Å². The molecule has 4 rings (SSSR count). The number of aryl methyl sites for hydroxylation is 2. The number of ether oxygens (including phenoxy) is 2. The maximum Gasteiger partial charge on any atom is 0.310 e. The zero-order valence-electron chi connectivity index (χ0n) is 24.4. The Morgan fingerprint density at radius 3 is 2.23 bits per heavy atom. The number of rotatable bonds is 9. The number of hydrogen-bond acceptors (Lipinski definition) is 4. The van der Waals surface area contributed by atoms with Crippen LogP contribution >= 0.6 is 0 Å². The molecule has 40 heavy (non-hydrogen) atoms. The summed E-state index contributed by atoms with van der Waals surface area (Å²) in [5.74, 6) is -0.866. The van der Waals surface area contributed by atoms with Gasteiger partial charge in [0.25, 0.3) is 0 Å². The van der Waals surface area contributed by atoms with E-state index < -0.39 is 17.4 Å². The summed E-state index contributed by atoms with van der Waals surface area (Å²) in [6.45, 7) is 9.82. The van der Waals surface area contributed by atoms with Gasteiger partial charge in [0.1, 0.15) is 5.82 Å². The van der Waals surface area contributed by atoms with Gasteiger partial charge in [0.15, 0.2) is 0 Å². The highest BCUT2D eigenvalue weighted by Crippen LogP contribution is 2.41. The predicted octanol–water partition coefficient (Wildman–Crippen LogP) is 7.49. The molecule has 3 aromatic rings. The Bertz CT molecular complexity index is 1380. The van der Waals surface area contributed by atoms with Crippen LogP contribution in [0.4, 0.5) is 4.39 Å². The van der Waals surface area contributed by atoms with Crippen LogP contribution in [0.1, 0.15) is 72.9 Å². The first-order valence-corrected chi connectivity index (χ1v) is 14.2. The third-order valence-electron chi connectivity index (χ3n) is 8.67. The lowest BCUT2D eigenvalue weighted by atomic mass is 9.69. The minimum absolute atomic E-state index is 0.0834. The Morgan fingerprint density at radius 1 is 1.00 bits per heavy atom. The van der Waals surface area contributed by atoms with E-state index in [1.165, 1.54) is 29.9 Å². The number of benzene rings is 3. The molecule has 1 fully saturated rings. The zero-order chi connectivity index (χ0) is 28.9. The molecule has 0 saturated carbocycles. The summed E-state index contributed by atoms with van der Waals surface area (Å²) in [6.07, 6.45) is 7.00. The number of aliphatic hydroxyl groups is 1. The van der Waals surface area contributed by atoms with Crippen molar-refractivity contribution in [1.82, 2.24) is 0 Å². The molecule has 0 amide bonds. The Hall–Kier alpha value is -3.28. The maximum absolute atomic E-state index is 14.8. The molecular weight excluding hydrogens is 503 g/mol. The van der Waals surface area contributed by atoms with Crippen molar-refractivity contribution in [3.63, 3.8) is 0 Å². The van der Waals surface area contributed by atoms with Crippen molar-refractivity contribution in [2.75, 3.05) is 20.3 Å². The van der Waals surface area contributed by atoms with Gasteiger partial charge in [-0.15, -0.1) is 0 Å². The highest BCUT2D eigenvalue weighted by Gasteiger charge is 2.32. The molecule has 1 heterocycles. The standard InChI is InChI=1S/C35H41FO4/c1-6-35(7-2,29-11-10-26(24(3)20-29)14-15-34(38)16-18-40-19-17-34)30-12-13-31(25(4)21-30)27-8-9-28(32(36)22-27)23-33(37)39-5/h8-15,20-22,38H,6-7,16-19,23H2,1-5H3. The minimum Gasteiger partial charge on any atom is -0.469 e. The van der Waals surface area contributed by atoms with E-state index in [0.717, 1.165) is 35.1 Å². The van der Waals surface area contributed by atoms with Crippen LogP contribution in [-0.2, 0) is 26.1 Å². The predicted molar refractivity (Wildman–Crippen MR) is 159 cm³/mol. The molecule has 0 spiro atoms. The number of halogens is 1. The average Bonchev–Trinajstić information content (AvgIpc) is 2.95. The summed E-state index contributed by atoms with van der Waals surface area (Å²) in [6, 6.07) is 18.2. The van der Waals surface area contributed by atoms with Crippen LogP contribution in [0.5, 0.6) is 0 Å². The van der Waals surface area contributed by atoms with E-state index in [9.17, 15) is 14.3 Å². The van der Waals surface area contributed by atoms with Crippen LogP contribution in [0, 0.1) is 19.7 Å². The lowest BCUT2D eigenvalue weighted by Crippen LogP contribution is -2.33. The molecule has 212 valence electrons. The highest BCUT2D eigenvalue weighted by atomic mass is 19.1. The molecule has 3 aromatic carbocycles. The van der Waals surface area contributed by atoms with Gasteiger partial charge in [0, 0.05) is 31.5 Å². The lowest BCUT2D eigenvalue weighted by molar-refractivity contribution is -0.139. The normalized spacial score (nSPS) is 15.4. The van der Waals surface area contributed by atoms with Gasteiger partial charge in [0.05, 0.1) is 19.1 Å². The molecule has 5 heteroatoms. The molecule has 0 atom stereocenters. The van der Waals surface area contributed by atoms with Crippen LogP contribution in [0.25, 0.3) is 17.2 Å². The van der Waals surface area contributed by atoms with E-state index in [0.29, 0.717) is 31.6 Å². The fourth-order valence-electron chi connectivity index (χ4n) is 5.90. The quantitative estimate of drug-likeness (QED) is 0.284. The van der Waals surface area contributed by atoms with Crippen molar-refractivity contribution in [2.24, 2.45) is 0 Å². The summed E-state index contributed by atoms with van der Waals surface area (Å²) in [7, 11) is 1.30. The summed E-state index contributed by atoms with van der Waals surface area (Å²) < 4.78 is 24.9. The topological polar surface area (TPSA) is 55.8 Å². The second-order valence-corrected chi connectivity index (χ2v) is 11.0. The Morgan fingerprint density at radius 2 is 1.65 bits per heavy atom. The minimum atomic E-state index is -0.802. The van der Waals surface area contributed by atoms with Gasteiger partial charge in [-0.25, -0.2) is 4.39 Å². The van der Waals surface area contributed by atoms with Crippen molar-refractivity contribution in [1.29, 1.82) is 0 Å². The van der Waals surface area contributed by atoms with Gasteiger partial charge in [0.2, 0.25) is 0 Å². The molecule has 0 bridgehead atoms. The van der Waals surface area contributed by atoms with Gasteiger partial charge in [-0.2, -0.15) is 0 Å². The number of hydrogen-bond donors (Lipinski definition) is 1. The van der Waals surface area contributed by atoms with Crippen LogP contribution in [0.2, 0.25) is 0 Å². The Kier molecular flexibility index (Phi) is 9.27. The van der Waals surface area contributed by atoms with Gasteiger partial charge >= 0.3 is 5.97 Å². The van der Waals surface area contributed by atoms with Crippen molar-refractivity contribution < 1.29 is 23.8 Å². The van der Waals surface area contributed by atoms with E-state index in [1.54, 1.807) is 6.07 Å². The summed E-state index contributed by atoms with van der Waals surface area (Å²) in [5.41, 5.74) is 6.97.